The van der Waals surface area contributed by atoms with E-state index in [1.54, 1.807) is 12.3 Å². The standard InChI is InChI=1S/C8H7BrN4O/c9-3-1-4-5(10)6(7(11)14)13-8(4)12-2-3/h1-2H,10H2,(H2,11,14)(H,12,13). The second kappa shape index (κ2) is 2.98. The number of carbonyl (C=O) groups excluding carboxylic acids is 1. The van der Waals surface area contributed by atoms with E-state index in [1.807, 2.05) is 0 Å². The number of pyridine rings is 1. The Kier molecular flexibility index (Phi) is 1.92. The number of nitrogen functional groups attached to an aromatic ring is 1. The van der Waals surface area contributed by atoms with E-state index >= 15 is 0 Å². The van der Waals surface area contributed by atoms with E-state index in [0.717, 1.165) is 4.47 Å². The first-order chi connectivity index (χ1) is 6.59. The molecule has 0 saturated carbocycles. The van der Waals surface area contributed by atoms with Crippen molar-refractivity contribution in [3.8, 4) is 0 Å². The molecule has 0 atom stereocenters. The van der Waals surface area contributed by atoms with Crippen LogP contribution in [0, 0.1) is 0 Å². The van der Waals surface area contributed by atoms with Crippen molar-refractivity contribution in [1.29, 1.82) is 0 Å². The van der Waals surface area contributed by atoms with E-state index < -0.39 is 5.91 Å². The van der Waals surface area contributed by atoms with Crippen LogP contribution in [-0.2, 0) is 0 Å². The molecule has 2 heterocycles. The summed E-state index contributed by atoms with van der Waals surface area (Å²) in [7, 11) is 0. The number of hydrogen-bond acceptors (Lipinski definition) is 3. The average Bonchev–Trinajstić information content (AvgIpc) is 2.44. The largest absolute Gasteiger partial charge is 0.396 e. The molecule has 5 N–H and O–H groups in total. The maximum absolute atomic E-state index is 10.9. The highest BCUT2D eigenvalue weighted by Gasteiger charge is 2.13. The number of primary amides is 1. The molecule has 72 valence electrons. The molecular formula is C8H7BrN4O. The van der Waals surface area contributed by atoms with Crippen molar-refractivity contribution in [2.75, 3.05) is 5.73 Å². The molecule has 0 aliphatic heterocycles. The van der Waals surface area contributed by atoms with Gasteiger partial charge in [0.05, 0.1) is 5.69 Å². The summed E-state index contributed by atoms with van der Waals surface area (Å²) in [6, 6.07) is 1.78. The van der Waals surface area contributed by atoms with E-state index in [0.29, 0.717) is 16.7 Å². The summed E-state index contributed by atoms with van der Waals surface area (Å²) in [6.07, 6.45) is 1.61. The number of nitrogens with zero attached hydrogens (tertiary/aromatic N) is 1. The van der Waals surface area contributed by atoms with Crippen LogP contribution in [0.25, 0.3) is 11.0 Å². The number of anilines is 1. The van der Waals surface area contributed by atoms with Gasteiger partial charge in [-0.3, -0.25) is 4.79 Å². The van der Waals surface area contributed by atoms with Gasteiger partial charge in [-0.1, -0.05) is 0 Å². The van der Waals surface area contributed by atoms with Crippen LogP contribution in [0.15, 0.2) is 16.7 Å². The maximum Gasteiger partial charge on any atom is 0.267 e. The molecular weight excluding hydrogens is 248 g/mol. The highest BCUT2D eigenvalue weighted by Crippen LogP contribution is 2.25. The van der Waals surface area contributed by atoms with Crippen LogP contribution >= 0.6 is 15.9 Å². The van der Waals surface area contributed by atoms with E-state index in [-0.39, 0.29) is 5.69 Å². The van der Waals surface area contributed by atoms with Crippen LogP contribution in [0.5, 0.6) is 0 Å². The van der Waals surface area contributed by atoms with Crippen LogP contribution in [0.4, 0.5) is 5.69 Å². The third-order valence-corrected chi connectivity index (χ3v) is 2.34. The Morgan fingerprint density at radius 2 is 2.29 bits per heavy atom. The van der Waals surface area contributed by atoms with E-state index in [2.05, 4.69) is 25.9 Å². The second-order valence-corrected chi connectivity index (χ2v) is 3.74. The summed E-state index contributed by atoms with van der Waals surface area (Å²) in [5.41, 5.74) is 11.9. The summed E-state index contributed by atoms with van der Waals surface area (Å²) >= 11 is 3.26. The lowest BCUT2D eigenvalue weighted by molar-refractivity contribution is 0.0997. The van der Waals surface area contributed by atoms with Gasteiger partial charge in [0.15, 0.2) is 0 Å². The second-order valence-electron chi connectivity index (χ2n) is 2.83. The minimum absolute atomic E-state index is 0.200. The number of nitrogens with two attached hydrogens (primary N) is 2. The highest BCUT2D eigenvalue weighted by atomic mass is 79.9. The van der Waals surface area contributed by atoms with Gasteiger partial charge in [0.2, 0.25) is 0 Å². The number of H-pyrrole nitrogens is 1. The van der Waals surface area contributed by atoms with Gasteiger partial charge in [0, 0.05) is 16.1 Å². The Labute approximate surface area is 87.6 Å². The van der Waals surface area contributed by atoms with Crippen molar-refractivity contribution < 1.29 is 4.79 Å². The van der Waals surface area contributed by atoms with Crippen molar-refractivity contribution in [3.05, 3.63) is 22.4 Å². The molecule has 6 heteroatoms. The monoisotopic (exact) mass is 254 g/mol. The van der Waals surface area contributed by atoms with Crippen LogP contribution < -0.4 is 11.5 Å². The number of fused-ring (bicyclic) bond motifs is 1. The number of halogens is 1. The lowest BCUT2D eigenvalue weighted by Gasteiger charge is -1.92. The minimum Gasteiger partial charge on any atom is -0.396 e. The van der Waals surface area contributed by atoms with E-state index in [4.69, 9.17) is 11.5 Å². The molecule has 0 unspecified atom stereocenters. The zero-order valence-electron chi connectivity index (χ0n) is 7.04. The predicted octanol–water partition coefficient (Wildman–Crippen LogP) is 1.01. The Hall–Kier alpha value is -1.56. The van der Waals surface area contributed by atoms with Crippen molar-refractivity contribution in [3.63, 3.8) is 0 Å². The number of aromatic nitrogens is 2. The van der Waals surface area contributed by atoms with Gasteiger partial charge in [0.1, 0.15) is 11.3 Å². The first-order valence-electron chi connectivity index (χ1n) is 3.82. The Morgan fingerprint density at radius 3 is 2.93 bits per heavy atom. The average molecular weight is 255 g/mol. The quantitative estimate of drug-likeness (QED) is 0.709. The van der Waals surface area contributed by atoms with Crippen LogP contribution in [-0.4, -0.2) is 15.9 Å². The summed E-state index contributed by atoms with van der Waals surface area (Å²) in [5, 5.41) is 0.688. The first kappa shape index (κ1) is 9.01. The molecule has 2 aromatic heterocycles. The molecule has 14 heavy (non-hydrogen) atoms. The molecule has 0 aliphatic rings. The van der Waals surface area contributed by atoms with Gasteiger partial charge >= 0.3 is 0 Å². The van der Waals surface area contributed by atoms with Gasteiger partial charge in [-0.2, -0.15) is 0 Å². The highest BCUT2D eigenvalue weighted by molar-refractivity contribution is 9.10. The molecule has 0 aromatic carbocycles. The fourth-order valence-electron chi connectivity index (χ4n) is 1.26. The Bertz CT molecular complexity index is 519. The van der Waals surface area contributed by atoms with Gasteiger partial charge in [-0.25, -0.2) is 4.98 Å². The molecule has 5 nitrogen and oxygen atoms in total. The smallest absolute Gasteiger partial charge is 0.267 e. The van der Waals surface area contributed by atoms with Gasteiger partial charge in [-0.15, -0.1) is 0 Å². The van der Waals surface area contributed by atoms with Crippen molar-refractivity contribution in [2.45, 2.75) is 0 Å². The Balaban J connectivity index is 2.80. The van der Waals surface area contributed by atoms with E-state index in [1.165, 1.54) is 0 Å². The molecule has 0 spiro atoms. The van der Waals surface area contributed by atoms with Crippen LogP contribution in [0.2, 0.25) is 0 Å². The summed E-state index contributed by atoms with van der Waals surface area (Å²) < 4.78 is 0.798. The normalized spacial score (nSPS) is 10.6. The fraction of sp³-hybridized carbons (Fsp3) is 0. The summed E-state index contributed by atoms with van der Waals surface area (Å²) in [4.78, 5) is 17.8. The van der Waals surface area contributed by atoms with Crippen molar-refractivity contribution in [2.24, 2.45) is 5.73 Å². The number of aromatic amines is 1. The minimum atomic E-state index is -0.586. The molecule has 0 fully saturated rings. The van der Waals surface area contributed by atoms with Gasteiger partial charge in [-0.05, 0) is 22.0 Å². The van der Waals surface area contributed by atoms with E-state index in [9.17, 15) is 4.79 Å². The molecule has 0 aliphatic carbocycles. The lowest BCUT2D eigenvalue weighted by Crippen LogP contribution is -2.13. The maximum atomic E-state index is 10.9. The zero-order valence-corrected chi connectivity index (χ0v) is 8.63. The lowest BCUT2D eigenvalue weighted by atomic mass is 10.2. The number of hydrogen-bond donors (Lipinski definition) is 3. The molecule has 2 rings (SSSR count). The number of amides is 1. The van der Waals surface area contributed by atoms with Crippen molar-refractivity contribution in [1.82, 2.24) is 9.97 Å². The zero-order chi connectivity index (χ0) is 10.3. The molecule has 2 aromatic rings. The molecule has 0 saturated heterocycles. The predicted molar refractivity (Wildman–Crippen MR) is 56.7 cm³/mol. The SMILES string of the molecule is NC(=O)c1[nH]c2ncc(Br)cc2c1N. The molecule has 0 radical (unpaired) electrons. The summed E-state index contributed by atoms with van der Waals surface area (Å²) in [6.45, 7) is 0. The topological polar surface area (TPSA) is 97.8 Å². The molecule has 0 bridgehead atoms. The van der Waals surface area contributed by atoms with Gasteiger partial charge in [0.25, 0.3) is 5.91 Å². The number of rotatable bonds is 1. The van der Waals surface area contributed by atoms with Crippen LogP contribution in [0.3, 0.4) is 0 Å². The van der Waals surface area contributed by atoms with Gasteiger partial charge < -0.3 is 16.5 Å². The fourth-order valence-corrected chi connectivity index (χ4v) is 1.59. The van der Waals surface area contributed by atoms with Crippen LogP contribution in [0.1, 0.15) is 10.5 Å². The van der Waals surface area contributed by atoms with Crippen molar-refractivity contribution >= 4 is 38.6 Å². The third-order valence-electron chi connectivity index (χ3n) is 1.90. The summed E-state index contributed by atoms with van der Waals surface area (Å²) in [5.74, 6) is -0.586. The number of carbonyl (C=O) groups is 1. The molecule has 1 amide bonds. The first-order valence-corrected chi connectivity index (χ1v) is 4.61. The number of nitrogens with one attached hydrogen (secondary N) is 1. The third kappa shape index (κ3) is 1.24. The Morgan fingerprint density at radius 1 is 1.57 bits per heavy atom.